The van der Waals surface area contributed by atoms with Crippen molar-refractivity contribution in [3.63, 3.8) is 0 Å². The van der Waals surface area contributed by atoms with Crippen LogP contribution in [0.15, 0.2) is 48.5 Å². The van der Waals surface area contributed by atoms with Crippen LogP contribution in [-0.4, -0.2) is 37.4 Å². The number of rotatable bonds is 4. The molecule has 0 radical (unpaired) electrons. The molecule has 5 heteroatoms. The van der Waals surface area contributed by atoms with Gasteiger partial charge in [-0.2, -0.15) is 0 Å². The monoisotopic (exact) mass is 338 g/mol. The summed E-state index contributed by atoms with van der Waals surface area (Å²) >= 11 is 0. The van der Waals surface area contributed by atoms with E-state index in [9.17, 15) is 9.59 Å². The zero-order chi connectivity index (χ0) is 17.8. The van der Waals surface area contributed by atoms with Crippen LogP contribution in [0.2, 0.25) is 0 Å². The lowest BCUT2D eigenvalue weighted by molar-refractivity contribution is -0.129. The highest BCUT2D eigenvalue weighted by atomic mass is 16.5. The summed E-state index contributed by atoms with van der Waals surface area (Å²) in [6.07, 6.45) is 0.651. The smallest absolute Gasteiger partial charge is 0.230 e. The Labute approximate surface area is 147 Å². The number of amides is 2. The van der Waals surface area contributed by atoms with E-state index in [1.807, 2.05) is 48.5 Å². The summed E-state index contributed by atoms with van der Waals surface area (Å²) in [5.74, 6) is 0.734. The van der Waals surface area contributed by atoms with E-state index in [-0.39, 0.29) is 11.8 Å². The zero-order valence-corrected chi connectivity index (χ0v) is 14.6. The molecule has 0 saturated carbocycles. The van der Waals surface area contributed by atoms with Crippen molar-refractivity contribution in [3.8, 4) is 5.75 Å². The minimum absolute atomic E-state index is 0.0171. The summed E-state index contributed by atoms with van der Waals surface area (Å²) in [4.78, 5) is 27.8. The molecular weight excluding hydrogens is 316 g/mol. The summed E-state index contributed by atoms with van der Waals surface area (Å²) in [7, 11) is 3.54. The Morgan fingerprint density at radius 1 is 1.16 bits per heavy atom. The molecule has 25 heavy (non-hydrogen) atoms. The average Bonchev–Trinajstić information content (AvgIpc) is 2.75. The van der Waals surface area contributed by atoms with Gasteiger partial charge in [0.1, 0.15) is 5.75 Å². The van der Waals surface area contributed by atoms with Crippen molar-refractivity contribution in [1.82, 2.24) is 4.90 Å². The van der Waals surface area contributed by atoms with Gasteiger partial charge in [0.25, 0.3) is 0 Å². The molecule has 0 fully saturated rings. The molecule has 2 aromatic carbocycles. The molecular formula is C20H22N2O3. The van der Waals surface area contributed by atoms with Crippen LogP contribution >= 0.6 is 0 Å². The fraction of sp³-hybridized carbons (Fsp3) is 0.300. The summed E-state index contributed by atoms with van der Waals surface area (Å²) in [6.45, 7) is 0.959. The third-order valence-electron chi connectivity index (χ3n) is 4.38. The third-order valence-corrected chi connectivity index (χ3v) is 4.38. The van der Waals surface area contributed by atoms with E-state index in [0.29, 0.717) is 31.7 Å². The van der Waals surface area contributed by atoms with Crippen molar-refractivity contribution in [1.29, 1.82) is 0 Å². The predicted molar refractivity (Wildman–Crippen MR) is 96.6 cm³/mol. The maximum atomic E-state index is 12.5. The van der Waals surface area contributed by atoms with Gasteiger partial charge >= 0.3 is 0 Å². The Bertz CT molecular complexity index is 774. The van der Waals surface area contributed by atoms with E-state index in [1.54, 1.807) is 23.9 Å². The zero-order valence-electron chi connectivity index (χ0n) is 14.6. The first kappa shape index (κ1) is 17.0. The molecule has 1 heterocycles. The first-order valence-corrected chi connectivity index (χ1v) is 8.35. The lowest BCUT2D eigenvalue weighted by Gasteiger charge is -2.19. The van der Waals surface area contributed by atoms with Gasteiger partial charge in [-0.1, -0.05) is 36.4 Å². The summed E-state index contributed by atoms with van der Waals surface area (Å²) in [6, 6.07) is 15.5. The molecule has 130 valence electrons. The molecule has 0 saturated heterocycles. The molecule has 1 aliphatic rings. The molecule has 0 N–H and O–H groups in total. The first-order chi connectivity index (χ1) is 12.0. The van der Waals surface area contributed by atoms with Crippen LogP contribution in [-0.2, 0) is 22.6 Å². The largest absolute Gasteiger partial charge is 0.491 e. The lowest BCUT2D eigenvalue weighted by atomic mass is 10.1. The van der Waals surface area contributed by atoms with Crippen LogP contribution in [0.4, 0.5) is 5.69 Å². The molecule has 0 unspecified atom stereocenters. The van der Waals surface area contributed by atoms with Gasteiger partial charge in [0.2, 0.25) is 11.8 Å². The molecule has 3 rings (SSSR count). The van der Waals surface area contributed by atoms with Gasteiger partial charge in [-0.3, -0.25) is 9.59 Å². The highest BCUT2D eigenvalue weighted by Gasteiger charge is 2.21. The fourth-order valence-electron chi connectivity index (χ4n) is 2.86. The standard InChI is InChI=1S/C20H22N2O3/c1-21(14-15-6-4-3-5-7-15)20(24)13-16-8-9-18-17(12-16)22(2)19(23)10-11-25-18/h3-9,12H,10-11,13-14H2,1-2H3. The van der Waals surface area contributed by atoms with Gasteiger partial charge in [-0.25, -0.2) is 0 Å². The number of likely N-dealkylation sites (N-methyl/N-ethyl adjacent to an activating group) is 1. The molecule has 0 atom stereocenters. The second-order valence-electron chi connectivity index (χ2n) is 6.27. The molecule has 5 nitrogen and oxygen atoms in total. The summed E-state index contributed by atoms with van der Waals surface area (Å²) in [5.41, 5.74) is 2.69. The van der Waals surface area contributed by atoms with E-state index in [2.05, 4.69) is 0 Å². The topological polar surface area (TPSA) is 49.9 Å². The minimum atomic E-state index is 0.0171. The van der Waals surface area contributed by atoms with Crippen LogP contribution in [0.1, 0.15) is 17.5 Å². The van der Waals surface area contributed by atoms with Crippen molar-refractivity contribution in [2.45, 2.75) is 19.4 Å². The highest BCUT2D eigenvalue weighted by molar-refractivity contribution is 5.95. The number of benzene rings is 2. The van der Waals surface area contributed by atoms with Crippen molar-refractivity contribution < 1.29 is 14.3 Å². The molecule has 0 aliphatic carbocycles. The van der Waals surface area contributed by atoms with E-state index in [0.717, 1.165) is 16.8 Å². The second-order valence-corrected chi connectivity index (χ2v) is 6.27. The normalized spacial score (nSPS) is 13.7. The molecule has 0 bridgehead atoms. The average molecular weight is 338 g/mol. The Kier molecular flexibility index (Phi) is 5.03. The van der Waals surface area contributed by atoms with Crippen LogP contribution in [0, 0.1) is 0 Å². The van der Waals surface area contributed by atoms with Gasteiger partial charge in [0.05, 0.1) is 25.1 Å². The number of ether oxygens (including phenoxy) is 1. The van der Waals surface area contributed by atoms with Crippen LogP contribution < -0.4 is 9.64 Å². The number of anilines is 1. The molecule has 2 amide bonds. The predicted octanol–water partition coefficient (Wildman–Crippen LogP) is 2.63. The SMILES string of the molecule is CN(Cc1ccccc1)C(=O)Cc1ccc2c(c1)N(C)C(=O)CCO2. The number of carbonyl (C=O) groups is 2. The molecule has 1 aliphatic heterocycles. The number of nitrogens with zero attached hydrogens (tertiary/aromatic N) is 2. The van der Waals surface area contributed by atoms with E-state index in [1.165, 1.54) is 0 Å². The van der Waals surface area contributed by atoms with E-state index >= 15 is 0 Å². The third kappa shape index (κ3) is 3.99. The van der Waals surface area contributed by atoms with E-state index < -0.39 is 0 Å². The van der Waals surface area contributed by atoms with Crippen LogP contribution in [0.5, 0.6) is 5.75 Å². The maximum Gasteiger partial charge on any atom is 0.230 e. The van der Waals surface area contributed by atoms with Gasteiger partial charge in [0, 0.05) is 20.6 Å². The molecule has 0 spiro atoms. The molecule has 0 aromatic heterocycles. The molecule has 2 aromatic rings. The summed E-state index contributed by atoms with van der Waals surface area (Å²) in [5, 5.41) is 0. The Morgan fingerprint density at radius 2 is 1.92 bits per heavy atom. The number of hydrogen-bond acceptors (Lipinski definition) is 3. The highest BCUT2D eigenvalue weighted by Crippen LogP contribution is 2.31. The lowest BCUT2D eigenvalue weighted by Crippen LogP contribution is -2.28. The first-order valence-electron chi connectivity index (χ1n) is 8.35. The summed E-state index contributed by atoms with van der Waals surface area (Å²) < 4.78 is 5.62. The van der Waals surface area contributed by atoms with Gasteiger partial charge in [0.15, 0.2) is 0 Å². The van der Waals surface area contributed by atoms with Crippen molar-refractivity contribution in [2.24, 2.45) is 0 Å². The van der Waals surface area contributed by atoms with Crippen LogP contribution in [0.25, 0.3) is 0 Å². The van der Waals surface area contributed by atoms with E-state index in [4.69, 9.17) is 4.74 Å². The Morgan fingerprint density at radius 3 is 2.68 bits per heavy atom. The second kappa shape index (κ2) is 7.38. The Hall–Kier alpha value is -2.82. The number of fused-ring (bicyclic) bond motifs is 1. The van der Waals surface area contributed by atoms with Crippen molar-refractivity contribution in [2.75, 3.05) is 25.6 Å². The quantitative estimate of drug-likeness (QED) is 0.861. The number of carbonyl (C=O) groups excluding carboxylic acids is 2. The van der Waals surface area contributed by atoms with Gasteiger partial charge in [-0.15, -0.1) is 0 Å². The van der Waals surface area contributed by atoms with Crippen molar-refractivity contribution in [3.05, 3.63) is 59.7 Å². The fourth-order valence-corrected chi connectivity index (χ4v) is 2.86. The minimum Gasteiger partial charge on any atom is -0.491 e. The maximum absolute atomic E-state index is 12.5. The number of hydrogen-bond donors (Lipinski definition) is 0. The van der Waals surface area contributed by atoms with Gasteiger partial charge < -0.3 is 14.5 Å². The van der Waals surface area contributed by atoms with Gasteiger partial charge in [-0.05, 0) is 23.3 Å². The Balaban J connectivity index is 1.71. The van der Waals surface area contributed by atoms with Crippen LogP contribution in [0.3, 0.4) is 0 Å². The van der Waals surface area contributed by atoms with Crippen molar-refractivity contribution >= 4 is 17.5 Å².